The minimum atomic E-state index is -0.460. The Kier molecular flexibility index (Phi) is 8.43. The maximum Gasteiger partial charge on any atom is 0.338 e. The molecule has 108 valence electrons. The van der Waals surface area contributed by atoms with Crippen molar-refractivity contribution in [3.8, 4) is 5.75 Å². The van der Waals surface area contributed by atoms with Crippen LogP contribution in [-0.2, 0) is 16.0 Å². The summed E-state index contributed by atoms with van der Waals surface area (Å²) in [5.74, 6) is -0.528. The summed E-state index contributed by atoms with van der Waals surface area (Å²) in [6.07, 6.45) is 2.23. The molecule has 4 heteroatoms. The predicted octanol–water partition coefficient (Wildman–Crippen LogP) is 3.32. The minimum Gasteiger partial charge on any atom is -0.458 e. The Morgan fingerprint density at radius 1 is 1.25 bits per heavy atom. The lowest BCUT2D eigenvalue weighted by atomic mass is 10.1. The number of carbonyl (C=O) groups is 2. The van der Waals surface area contributed by atoms with E-state index in [2.05, 4.69) is 19.7 Å². The molecule has 0 heterocycles. The molecule has 0 N–H and O–H groups in total. The van der Waals surface area contributed by atoms with Crippen molar-refractivity contribution in [1.82, 2.24) is 0 Å². The van der Waals surface area contributed by atoms with E-state index in [0.717, 1.165) is 12.0 Å². The summed E-state index contributed by atoms with van der Waals surface area (Å²) in [7, 11) is 0. The fourth-order valence-corrected chi connectivity index (χ4v) is 1.43. The molecule has 1 aromatic carbocycles. The normalized spacial score (nSPS) is 8.90. The van der Waals surface area contributed by atoms with Gasteiger partial charge in [0.1, 0.15) is 12.4 Å². The van der Waals surface area contributed by atoms with E-state index in [-0.39, 0.29) is 6.61 Å². The molecule has 0 fully saturated rings. The van der Waals surface area contributed by atoms with Crippen LogP contribution in [0.15, 0.2) is 44.0 Å². The van der Waals surface area contributed by atoms with Crippen molar-refractivity contribution >= 4 is 11.9 Å². The highest BCUT2D eigenvalue weighted by molar-refractivity contribution is 5.90. The van der Waals surface area contributed by atoms with Gasteiger partial charge < -0.3 is 9.47 Å². The van der Waals surface area contributed by atoms with Gasteiger partial charge in [0, 0.05) is 6.92 Å². The highest BCUT2D eigenvalue weighted by Gasteiger charge is 2.11. The first-order chi connectivity index (χ1) is 9.56. The van der Waals surface area contributed by atoms with Gasteiger partial charge >= 0.3 is 11.9 Å². The van der Waals surface area contributed by atoms with E-state index >= 15 is 0 Å². The number of carbonyl (C=O) groups excluding carboxylic acids is 2. The van der Waals surface area contributed by atoms with Crippen LogP contribution >= 0.6 is 0 Å². The van der Waals surface area contributed by atoms with Gasteiger partial charge in [-0.15, -0.1) is 13.2 Å². The van der Waals surface area contributed by atoms with E-state index in [1.807, 2.05) is 6.92 Å². The molecule has 0 saturated carbocycles. The van der Waals surface area contributed by atoms with Crippen LogP contribution in [0.1, 0.15) is 29.8 Å². The second-order valence-corrected chi connectivity index (χ2v) is 3.70. The van der Waals surface area contributed by atoms with E-state index in [1.54, 1.807) is 12.1 Å². The summed E-state index contributed by atoms with van der Waals surface area (Å²) in [4.78, 5) is 22.6. The minimum absolute atomic E-state index is 0.151. The number of hydrogen-bond acceptors (Lipinski definition) is 4. The summed E-state index contributed by atoms with van der Waals surface area (Å²) in [6, 6.07) is 4.94. The number of hydrogen-bond donors (Lipinski definition) is 0. The lowest BCUT2D eigenvalue weighted by Gasteiger charge is -2.08. The molecule has 0 aliphatic rings. The average Bonchev–Trinajstić information content (AvgIpc) is 2.45. The zero-order valence-electron chi connectivity index (χ0n) is 12.0. The van der Waals surface area contributed by atoms with Crippen LogP contribution in [0.5, 0.6) is 5.75 Å². The first kappa shape index (κ1) is 17.6. The Hall–Kier alpha value is -2.36. The zero-order chi connectivity index (χ0) is 15.5. The lowest BCUT2D eigenvalue weighted by molar-refractivity contribution is -0.131. The van der Waals surface area contributed by atoms with E-state index in [4.69, 9.17) is 9.47 Å². The first-order valence-corrected chi connectivity index (χ1v) is 6.17. The third-order valence-electron chi connectivity index (χ3n) is 2.20. The highest BCUT2D eigenvalue weighted by Crippen LogP contribution is 2.19. The maximum atomic E-state index is 11.7. The number of esters is 2. The van der Waals surface area contributed by atoms with Gasteiger partial charge in [0.05, 0.1) is 5.56 Å². The molecule has 0 atom stereocenters. The topological polar surface area (TPSA) is 52.6 Å². The van der Waals surface area contributed by atoms with Gasteiger partial charge in [0.15, 0.2) is 0 Å². The van der Waals surface area contributed by atoms with E-state index in [1.165, 1.54) is 19.1 Å². The molecule has 1 rings (SSSR count). The number of rotatable bonds is 5. The van der Waals surface area contributed by atoms with Crippen molar-refractivity contribution in [3.05, 3.63) is 55.1 Å². The summed E-state index contributed by atoms with van der Waals surface area (Å²) in [5, 5.41) is 0. The third kappa shape index (κ3) is 6.00. The third-order valence-corrected chi connectivity index (χ3v) is 2.20. The van der Waals surface area contributed by atoms with Gasteiger partial charge in [-0.05, 0) is 30.2 Å². The Morgan fingerprint density at radius 2 is 1.90 bits per heavy atom. The number of benzene rings is 1. The lowest BCUT2D eigenvalue weighted by Crippen LogP contribution is -2.08. The number of aryl methyl sites for hydroxylation is 1. The SMILES string of the molecule is C=C.C=CCOC(=O)c1cc(CC)cc(OC(C)=O)c1. The molecule has 0 bridgehead atoms. The van der Waals surface area contributed by atoms with E-state index in [9.17, 15) is 9.59 Å². The van der Waals surface area contributed by atoms with Crippen LogP contribution in [0.25, 0.3) is 0 Å². The maximum absolute atomic E-state index is 11.7. The van der Waals surface area contributed by atoms with Crippen LogP contribution in [0.2, 0.25) is 0 Å². The second kappa shape index (κ2) is 9.55. The smallest absolute Gasteiger partial charge is 0.338 e. The van der Waals surface area contributed by atoms with E-state index < -0.39 is 11.9 Å². The van der Waals surface area contributed by atoms with Crippen molar-refractivity contribution in [2.45, 2.75) is 20.3 Å². The highest BCUT2D eigenvalue weighted by atomic mass is 16.5. The average molecular weight is 276 g/mol. The first-order valence-electron chi connectivity index (χ1n) is 6.17. The molecule has 0 amide bonds. The summed E-state index contributed by atoms with van der Waals surface area (Å²) < 4.78 is 9.92. The molecule has 0 aromatic heterocycles. The molecule has 0 aliphatic heterocycles. The van der Waals surface area contributed by atoms with Gasteiger partial charge in [-0.25, -0.2) is 4.79 Å². The van der Waals surface area contributed by atoms with Crippen molar-refractivity contribution in [2.24, 2.45) is 0 Å². The quantitative estimate of drug-likeness (QED) is 0.470. The van der Waals surface area contributed by atoms with Crippen molar-refractivity contribution in [3.63, 3.8) is 0 Å². The Morgan fingerprint density at radius 3 is 2.40 bits per heavy atom. The fraction of sp³-hybridized carbons (Fsp3) is 0.250. The fourth-order valence-electron chi connectivity index (χ4n) is 1.43. The Balaban J connectivity index is 0.00000172. The summed E-state index contributed by atoms with van der Waals surface area (Å²) >= 11 is 0. The van der Waals surface area contributed by atoms with Crippen LogP contribution in [0.3, 0.4) is 0 Å². The monoisotopic (exact) mass is 276 g/mol. The molecule has 0 saturated heterocycles. The number of ether oxygens (including phenoxy) is 2. The van der Waals surface area contributed by atoms with Gasteiger partial charge in [0.2, 0.25) is 0 Å². The standard InChI is InChI=1S/C14H16O4.C2H4/c1-4-6-17-14(16)12-7-11(5-2)8-13(9-12)18-10(3)15;1-2/h4,7-9H,1,5-6H2,2-3H3;1-2H2. The van der Waals surface area contributed by atoms with Crippen molar-refractivity contribution < 1.29 is 19.1 Å². The Labute approximate surface area is 119 Å². The zero-order valence-corrected chi connectivity index (χ0v) is 12.0. The largest absolute Gasteiger partial charge is 0.458 e. The molecular weight excluding hydrogens is 256 g/mol. The van der Waals surface area contributed by atoms with Crippen molar-refractivity contribution in [1.29, 1.82) is 0 Å². The molecule has 4 nitrogen and oxygen atoms in total. The molecule has 0 radical (unpaired) electrons. The summed E-state index contributed by atoms with van der Waals surface area (Å²) in [6.45, 7) is 12.9. The van der Waals surface area contributed by atoms with Crippen LogP contribution < -0.4 is 4.74 Å². The Bertz CT molecular complexity index is 477. The molecule has 0 unspecified atom stereocenters. The predicted molar refractivity (Wildman–Crippen MR) is 78.9 cm³/mol. The van der Waals surface area contributed by atoms with Crippen LogP contribution in [-0.4, -0.2) is 18.5 Å². The van der Waals surface area contributed by atoms with Gasteiger partial charge in [-0.3, -0.25) is 4.79 Å². The molecule has 0 aliphatic carbocycles. The molecule has 0 spiro atoms. The van der Waals surface area contributed by atoms with Crippen molar-refractivity contribution in [2.75, 3.05) is 6.61 Å². The molecular formula is C16H20O4. The van der Waals surface area contributed by atoms with Crippen LogP contribution in [0, 0.1) is 0 Å². The molecule has 20 heavy (non-hydrogen) atoms. The van der Waals surface area contributed by atoms with Gasteiger partial charge in [-0.1, -0.05) is 19.6 Å². The van der Waals surface area contributed by atoms with Gasteiger partial charge in [-0.2, -0.15) is 0 Å². The van der Waals surface area contributed by atoms with Crippen LogP contribution in [0.4, 0.5) is 0 Å². The second-order valence-electron chi connectivity index (χ2n) is 3.70. The molecule has 1 aromatic rings. The van der Waals surface area contributed by atoms with Gasteiger partial charge in [0.25, 0.3) is 0 Å². The van der Waals surface area contributed by atoms with E-state index in [0.29, 0.717) is 11.3 Å². The summed E-state index contributed by atoms with van der Waals surface area (Å²) in [5.41, 5.74) is 1.27.